The summed E-state index contributed by atoms with van der Waals surface area (Å²) in [4.78, 5) is 7.75. The molecule has 0 bridgehead atoms. The third-order valence-electron chi connectivity index (χ3n) is 2.69. The quantitative estimate of drug-likeness (QED) is 0.683. The van der Waals surface area contributed by atoms with Gasteiger partial charge in [0.25, 0.3) is 8.53 Å². The first-order valence-electron chi connectivity index (χ1n) is 7.34. The molecule has 0 amide bonds. The summed E-state index contributed by atoms with van der Waals surface area (Å²) in [5.74, 6) is -1.04. The summed E-state index contributed by atoms with van der Waals surface area (Å²) in [6.45, 7) is 4.59. The number of nitrogens with one attached hydrogen (secondary N) is 1. The van der Waals surface area contributed by atoms with Crippen molar-refractivity contribution in [1.29, 1.82) is 0 Å². The fourth-order valence-electron chi connectivity index (χ4n) is 1.65. The number of hydrogen-bond donors (Lipinski definition) is 1. The van der Waals surface area contributed by atoms with Crippen molar-refractivity contribution in [3.8, 4) is 6.01 Å². The minimum absolute atomic E-state index is 0.00817. The van der Waals surface area contributed by atoms with Gasteiger partial charge in [-0.3, -0.25) is 0 Å². The molecule has 9 heteroatoms. The fraction of sp³-hybridized carbons (Fsp3) is 0.333. The average Bonchev–Trinajstić information content (AvgIpc) is 2.57. The number of benzene rings is 1. The van der Waals surface area contributed by atoms with Crippen LogP contribution in [0.25, 0.3) is 0 Å². The van der Waals surface area contributed by atoms with Crippen LogP contribution in [0.1, 0.15) is 19.4 Å². The minimum atomic E-state index is -1.50. The van der Waals surface area contributed by atoms with Crippen molar-refractivity contribution in [3.63, 3.8) is 0 Å². The molecule has 0 aliphatic heterocycles. The predicted molar refractivity (Wildman–Crippen MR) is 86.5 cm³/mol. The first kappa shape index (κ1) is 18.4. The topological polar surface area (TPSA) is 65.5 Å². The number of rotatable bonds is 9. The molecule has 1 N–H and O–H groups in total. The number of anilines is 1. The number of ether oxygens (including phenoxy) is 1. The number of hydrogen-bond acceptors (Lipinski definition) is 6. The molecule has 0 radical (unpaired) electrons. The van der Waals surface area contributed by atoms with Crippen molar-refractivity contribution in [2.45, 2.75) is 20.5 Å². The molecular formula is C15H18F2N3O3P. The lowest BCUT2D eigenvalue weighted by molar-refractivity contribution is 0.272. The maximum atomic E-state index is 13.8. The molecule has 0 saturated carbocycles. The Hall–Kier alpha value is -1.89. The Balaban J connectivity index is 2.02. The first-order valence-corrected chi connectivity index (χ1v) is 8.52. The summed E-state index contributed by atoms with van der Waals surface area (Å²) in [7, 11) is -1.50. The van der Waals surface area contributed by atoms with Crippen LogP contribution < -0.4 is 9.82 Å². The van der Waals surface area contributed by atoms with Crippen LogP contribution in [0.5, 0.6) is 6.01 Å². The second-order valence-corrected chi connectivity index (χ2v) is 5.72. The van der Waals surface area contributed by atoms with Gasteiger partial charge >= 0.3 is 6.01 Å². The molecule has 1 heterocycles. The zero-order valence-corrected chi connectivity index (χ0v) is 14.2. The molecule has 6 nitrogen and oxygen atoms in total. The van der Waals surface area contributed by atoms with Gasteiger partial charge in [0.15, 0.2) is 11.6 Å². The molecule has 0 aliphatic carbocycles. The Morgan fingerprint density at radius 3 is 2.38 bits per heavy atom. The molecule has 2 rings (SSSR count). The van der Waals surface area contributed by atoms with Gasteiger partial charge in [-0.05, 0) is 31.5 Å². The molecule has 1 aromatic carbocycles. The smallest absolute Gasteiger partial charge is 0.318 e. The summed E-state index contributed by atoms with van der Waals surface area (Å²) < 4.78 is 42.8. The van der Waals surface area contributed by atoms with Crippen LogP contribution in [0.3, 0.4) is 0 Å². The minimum Gasteiger partial charge on any atom is -0.459 e. The van der Waals surface area contributed by atoms with Gasteiger partial charge in [0.2, 0.25) is 0 Å². The van der Waals surface area contributed by atoms with Crippen LogP contribution >= 0.6 is 8.53 Å². The van der Waals surface area contributed by atoms with E-state index in [1.54, 1.807) is 12.1 Å². The Kier molecular flexibility index (Phi) is 7.24. The Morgan fingerprint density at radius 1 is 1.08 bits per heavy atom. The van der Waals surface area contributed by atoms with E-state index >= 15 is 0 Å². The molecular weight excluding hydrogens is 339 g/mol. The van der Waals surface area contributed by atoms with Gasteiger partial charge < -0.3 is 18.9 Å². The Bertz CT molecular complexity index is 640. The van der Waals surface area contributed by atoms with Crippen molar-refractivity contribution >= 4 is 14.3 Å². The molecule has 0 aliphatic rings. The van der Waals surface area contributed by atoms with Crippen LogP contribution in [-0.4, -0.2) is 23.2 Å². The van der Waals surface area contributed by atoms with E-state index in [1.807, 2.05) is 13.8 Å². The third kappa shape index (κ3) is 5.63. The zero-order chi connectivity index (χ0) is 17.4. The van der Waals surface area contributed by atoms with Gasteiger partial charge in [-0.25, -0.2) is 13.8 Å². The van der Waals surface area contributed by atoms with E-state index in [-0.39, 0.29) is 24.3 Å². The van der Waals surface area contributed by atoms with E-state index in [0.717, 1.165) is 11.8 Å². The van der Waals surface area contributed by atoms with Gasteiger partial charge in [0, 0.05) is 0 Å². The third-order valence-corrected chi connectivity index (χ3v) is 4.07. The SMILES string of the molecule is CCOP(Nc1nc(OCc2ccc(F)cc2)ncc1F)OCC. The fourth-order valence-corrected chi connectivity index (χ4v) is 2.65. The highest BCUT2D eigenvalue weighted by Crippen LogP contribution is 2.38. The van der Waals surface area contributed by atoms with Gasteiger partial charge in [0.05, 0.1) is 19.4 Å². The van der Waals surface area contributed by atoms with E-state index in [1.165, 1.54) is 12.1 Å². The summed E-state index contributed by atoms with van der Waals surface area (Å²) >= 11 is 0. The van der Waals surface area contributed by atoms with Gasteiger partial charge in [-0.1, -0.05) is 12.1 Å². The van der Waals surface area contributed by atoms with Crippen LogP contribution in [0.15, 0.2) is 30.5 Å². The second kappa shape index (κ2) is 9.42. The summed E-state index contributed by atoms with van der Waals surface area (Å²) in [5.41, 5.74) is 0.740. The molecule has 1 aromatic heterocycles. The van der Waals surface area contributed by atoms with E-state index in [9.17, 15) is 8.78 Å². The van der Waals surface area contributed by atoms with Crippen LogP contribution in [0.2, 0.25) is 0 Å². The molecule has 0 saturated heterocycles. The molecule has 0 spiro atoms. The molecule has 2 aromatic rings. The van der Waals surface area contributed by atoms with E-state index in [2.05, 4.69) is 15.1 Å². The number of halogens is 2. The number of nitrogens with zero attached hydrogens (tertiary/aromatic N) is 2. The molecule has 0 fully saturated rings. The lowest BCUT2D eigenvalue weighted by Gasteiger charge is -2.17. The largest absolute Gasteiger partial charge is 0.459 e. The van der Waals surface area contributed by atoms with E-state index in [4.69, 9.17) is 13.8 Å². The average molecular weight is 357 g/mol. The monoisotopic (exact) mass is 357 g/mol. The highest BCUT2D eigenvalue weighted by Gasteiger charge is 2.15. The van der Waals surface area contributed by atoms with E-state index < -0.39 is 14.3 Å². The second-order valence-electron chi connectivity index (χ2n) is 4.47. The summed E-state index contributed by atoms with van der Waals surface area (Å²) in [6.07, 6.45) is 1.00. The lowest BCUT2D eigenvalue weighted by Crippen LogP contribution is -2.06. The van der Waals surface area contributed by atoms with Crippen molar-refractivity contribution in [1.82, 2.24) is 9.97 Å². The highest BCUT2D eigenvalue weighted by molar-refractivity contribution is 7.48. The van der Waals surface area contributed by atoms with Crippen molar-refractivity contribution in [3.05, 3.63) is 47.7 Å². The predicted octanol–water partition coefficient (Wildman–Crippen LogP) is 4.05. The number of aromatic nitrogens is 2. The molecule has 130 valence electrons. The van der Waals surface area contributed by atoms with Crippen LogP contribution in [0.4, 0.5) is 14.6 Å². The van der Waals surface area contributed by atoms with Crippen molar-refractivity contribution in [2.75, 3.05) is 18.3 Å². The molecule has 24 heavy (non-hydrogen) atoms. The van der Waals surface area contributed by atoms with Crippen LogP contribution in [-0.2, 0) is 15.7 Å². The zero-order valence-electron chi connectivity index (χ0n) is 13.3. The summed E-state index contributed by atoms with van der Waals surface area (Å²) in [6, 6.07) is 5.82. The van der Waals surface area contributed by atoms with Gasteiger partial charge in [-0.2, -0.15) is 4.98 Å². The van der Waals surface area contributed by atoms with Crippen LogP contribution in [0, 0.1) is 11.6 Å². The van der Waals surface area contributed by atoms with Gasteiger partial charge in [0.1, 0.15) is 12.4 Å². The van der Waals surface area contributed by atoms with Crippen molar-refractivity contribution < 1.29 is 22.6 Å². The van der Waals surface area contributed by atoms with Crippen molar-refractivity contribution in [2.24, 2.45) is 0 Å². The van der Waals surface area contributed by atoms with E-state index in [0.29, 0.717) is 13.2 Å². The normalized spacial score (nSPS) is 10.9. The maximum absolute atomic E-state index is 13.8. The molecule has 0 unspecified atom stereocenters. The first-order chi connectivity index (χ1) is 11.6. The summed E-state index contributed by atoms with van der Waals surface area (Å²) in [5, 5.41) is 2.76. The lowest BCUT2D eigenvalue weighted by atomic mass is 10.2. The standard InChI is InChI=1S/C15H18F2N3O3P/c1-3-22-24(23-4-2)20-14-13(17)9-18-15(19-14)21-10-11-5-7-12(16)8-6-11/h5-9H,3-4,10H2,1-2H3,(H,18,19,20). The van der Waals surface area contributed by atoms with Gasteiger partial charge in [-0.15, -0.1) is 0 Å². The maximum Gasteiger partial charge on any atom is 0.318 e. The molecule has 0 atom stereocenters. The Labute approximate surface area is 140 Å². The Morgan fingerprint density at radius 2 is 1.75 bits per heavy atom. The highest BCUT2D eigenvalue weighted by atomic mass is 31.2.